The van der Waals surface area contributed by atoms with Crippen molar-refractivity contribution in [1.82, 2.24) is 9.78 Å². The Hall–Kier alpha value is -1.32. The van der Waals surface area contributed by atoms with Crippen molar-refractivity contribution in [2.24, 2.45) is 13.0 Å². The zero-order chi connectivity index (χ0) is 11.7. The van der Waals surface area contributed by atoms with Crippen LogP contribution in [0.3, 0.4) is 0 Å². The fourth-order valence-corrected chi connectivity index (χ4v) is 2.63. The number of carboxylic acid groups (broad SMARTS) is 1. The number of hydrogen-bond donors (Lipinski definition) is 1. The van der Waals surface area contributed by atoms with Gasteiger partial charge in [-0.3, -0.25) is 9.48 Å². The number of aryl methyl sites for hydroxylation is 2. The lowest BCUT2D eigenvalue weighted by molar-refractivity contribution is -0.137. The molecule has 0 aliphatic heterocycles. The molecule has 0 saturated carbocycles. The van der Waals surface area contributed by atoms with E-state index in [9.17, 15) is 4.79 Å². The van der Waals surface area contributed by atoms with Crippen molar-refractivity contribution >= 4 is 5.97 Å². The van der Waals surface area contributed by atoms with Gasteiger partial charge in [0.2, 0.25) is 0 Å². The van der Waals surface area contributed by atoms with Crippen molar-refractivity contribution in [3.63, 3.8) is 0 Å². The third-order valence-corrected chi connectivity index (χ3v) is 3.53. The van der Waals surface area contributed by atoms with Gasteiger partial charge in [0, 0.05) is 19.2 Å². The third kappa shape index (κ3) is 2.10. The first-order valence-electron chi connectivity index (χ1n) is 5.81. The van der Waals surface area contributed by atoms with Crippen LogP contribution in [0.2, 0.25) is 0 Å². The molecule has 88 valence electrons. The van der Waals surface area contributed by atoms with Gasteiger partial charge in [0.1, 0.15) is 0 Å². The summed E-state index contributed by atoms with van der Waals surface area (Å²) in [5.41, 5.74) is 3.82. The summed E-state index contributed by atoms with van der Waals surface area (Å²) in [6.45, 7) is 2.05. The lowest BCUT2D eigenvalue weighted by Crippen LogP contribution is -2.17. The summed E-state index contributed by atoms with van der Waals surface area (Å²) in [6, 6.07) is 0. The normalized spacial score (nSPS) is 19.5. The zero-order valence-corrected chi connectivity index (χ0v) is 9.86. The molecule has 0 spiro atoms. The van der Waals surface area contributed by atoms with Gasteiger partial charge in [0.25, 0.3) is 0 Å². The van der Waals surface area contributed by atoms with Gasteiger partial charge in [-0.2, -0.15) is 5.10 Å². The maximum absolute atomic E-state index is 10.5. The lowest BCUT2D eigenvalue weighted by Gasteiger charge is -2.22. The van der Waals surface area contributed by atoms with E-state index in [1.807, 2.05) is 11.7 Å². The standard InChI is InChI=1S/C12H18N2O2/c1-8-10-5-3-9(4-6-12(15)16)7-11(10)14(2)13-8/h9H,3-7H2,1-2H3,(H,15,16). The quantitative estimate of drug-likeness (QED) is 0.846. The van der Waals surface area contributed by atoms with E-state index in [0.29, 0.717) is 5.92 Å². The Morgan fingerprint density at radius 3 is 3.06 bits per heavy atom. The second kappa shape index (κ2) is 4.28. The molecule has 1 unspecified atom stereocenters. The highest BCUT2D eigenvalue weighted by Crippen LogP contribution is 2.29. The van der Waals surface area contributed by atoms with Crippen LogP contribution in [0.25, 0.3) is 0 Å². The van der Waals surface area contributed by atoms with Crippen molar-refractivity contribution in [2.45, 2.75) is 39.0 Å². The Labute approximate surface area is 95.3 Å². The van der Waals surface area contributed by atoms with Crippen molar-refractivity contribution in [3.05, 3.63) is 17.0 Å². The molecule has 4 heteroatoms. The summed E-state index contributed by atoms with van der Waals surface area (Å²) in [5.74, 6) is -0.176. The molecule has 1 aromatic rings. The van der Waals surface area contributed by atoms with Gasteiger partial charge in [0.15, 0.2) is 0 Å². The summed E-state index contributed by atoms with van der Waals surface area (Å²) >= 11 is 0. The third-order valence-electron chi connectivity index (χ3n) is 3.53. The second-order valence-corrected chi connectivity index (χ2v) is 4.68. The van der Waals surface area contributed by atoms with Crippen LogP contribution in [0.15, 0.2) is 0 Å². The molecule has 0 bridgehead atoms. The highest BCUT2D eigenvalue weighted by Gasteiger charge is 2.23. The van der Waals surface area contributed by atoms with Gasteiger partial charge in [-0.25, -0.2) is 0 Å². The molecule has 4 nitrogen and oxygen atoms in total. The van der Waals surface area contributed by atoms with Gasteiger partial charge >= 0.3 is 5.97 Å². The van der Waals surface area contributed by atoms with Gasteiger partial charge in [0.05, 0.1) is 5.69 Å². The maximum Gasteiger partial charge on any atom is 0.303 e. The van der Waals surface area contributed by atoms with E-state index in [1.165, 1.54) is 11.3 Å². The van der Waals surface area contributed by atoms with Crippen molar-refractivity contribution in [2.75, 3.05) is 0 Å². The number of carbonyl (C=O) groups is 1. The first kappa shape index (κ1) is 11.2. The molecule has 1 N–H and O–H groups in total. The van der Waals surface area contributed by atoms with Crippen LogP contribution in [0.5, 0.6) is 0 Å². The number of fused-ring (bicyclic) bond motifs is 1. The summed E-state index contributed by atoms with van der Waals surface area (Å²) in [5, 5.41) is 13.1. The van der Waals surface area contributed by atoms with E-state index < -0.39 is 5.97 Å². The monoisotopic (exact) mass is 222 g/mol. The van der Waals surface area contributed by atoms with Crippen molar-refractivity contribution in [1.29, 1.82) is 0 Å². The molecule has 16 heavy (non-hydrogen) atoms. The average Bonchev–Trinajstić information content (AvgIpc) is 2.52. The molecule has 1 atom stereocenters. The van der Waals surface area contributed by atoms with Gasteiger partial charge in [-0.05, 0) is 44.1 Å². The number of aliphatic carboxylic acids is 1. The Morgan fingerprint density at radius 2 is 2.38 bits per heavy atom. The first-order chi connectivity index (χ1) is 7.58. The summed E-state index contributed by atoms with van der Waals surface area (Å²) < 4.78 is 1.96. The predicted octanol–water partition coefficient (Wildman–Crippen LogP) is 1.70. The van der Waals surface area contributed by atoms with Crippen molar-refractivity contribution in [3.8, 4) is 0 Å². The molecule has 1 aliphatic carbocycles. The summed E-state index contributed by atoms with van der Waals surface area (Å²) in [6.07, 6.45) is 4.22. The van der Waals surface area contributed by atoms with Crippen LogP contribution >= 0.6 is 0 Å². The fourth-order valence-electron chi connectivity index (χ4n) is 2.63. The van der Waals surface area contributed by atoms with Crippen LogP contribution in [-0.4, -0.2) is 20.9 Å². The Morgan fingerprint density at radius 1 is 1.62 bits per heavy atom. The van der Waals surface area contributed by atoms with E-state index in [1.54, 1.807) is 0 Å². The highest BCUT2D eigenvalue weighted by molar-refractivity contribution is 5.66. The number of rotatable bonds is 3. The number of hydrogen-bond acceptors (Lipinski definition) is 2. The molecule has 1 heterocycles. The SMILES string of the molecule is Cc1nn(C)c2c1CCC(CCC(=O)O)C2. The minimum Gasteiger partial charge on any atom is -0.481 e. The average molecular weight is 222 g/mol. The predicted molar refractivity (Wildman–Crippen MR) is 60.3 cm³/mol. The van der Waals surface area contributed by atoms with E-state index in [-0.39, 0.29) is 6.42 Å². The molecule has 0 fully saturated rings. The Bertz CT molecular complexity index is 409. The molecule has 0 saturated heterocycles. The Kier molecular flexibility index (Phi) is 2.99. The number of nitrogens with zero attached hydrogens (tertiary/aromatic N) is 2. The smallest absolute Gasteiger partial charge is 0.303 e. The molecular weight excluding hydrogens is 204 g/mol. The highest BCUT2D eigenvalue weighted by atomic mass is 16.4. The van der Waals surface area contributed by atoms with Gasteiger partial charge < -0.3 is 5.11 Å². The van der Waals surface area contributed by atoms with E-state index in [2.05, 4.69) is 12.0 Å². The largest absolute Gasteiger partial charge is 0.481 e. The maximum atomic E-state index is 10.5. The molecular formula is C12H18N2O2. The molecule has 1 aromatic heterocycles. The number of aromatic nitrogens is 2. The summed E-state index contributed by atoms with van der Waals surface area (Å²) in [7, 11) is 1.98. The fraction of sp³-hybridized carbons (Fsp3) is 0.667. The van der Waals surface area contributed by atoms with E-state index in [0.717, 1.165) is 31.4 Å². The topological polar surface area (TPSA) is 55.1 Å². The van der Waals surface area contributed by atoms with Crippen molar-refractivity contribution < 1.29 is 9.90 Å². The van der Waals surface area contributed by atoms with Crippen LogP contribution < -0.4 is 0 Å². The Balaban J connectivity index is 2.05. The van der Waals surface area contributed by atoms with Gasteiger partial charge in [-0.1, -0.05) is 0 Å². The van der Waals surface area contributed by atoms with E-state index >= 15 is 0 Å². The summed E-state index contributed by atoms with van der Waals surface area (Å²) in [4.78, 5) is 10.5. The van der Waals surface area contributed by atoms with Crippen LogP contribution in [0.1, 0.15) is 36.2 Å². The van der Waals surface area contributed by atoms with Gasteiger partial charge in [-0.15, -0.1) is 0 Å². The second-order valence-electron chi connectivity index (χ2n) is 4.68. The van der Waals surface area contributed by atoms with Crippen LogP contribution in [0.4, 0.5) is 0 Å². The minimum absolute atomic E-state index is 0.289. The lowest BCUT2D eigenvalue weighted by atomic mass is 9.84. The van der Waals surface area contributed by atoms with E-state index in [4.69, 9.17) is 5.11 Å². The molecule has 2 rings (SSSR count). The first-order valence-corrected chi connectivity index (χ1v) is 5.81. The van der Waals surface area contributed by atoms with Crippen LogP contribution in [0, 0.1) is 12.8 Å². The van der Waals surface area contributed by atoms with Crippen LogP contribution in [-0.2, 0) is 24.7 Å². The zero-order valence-electron chi connectivity index (χ0n) is 9.86. The molecule has 1 aliphatic rings. The molecule has 0 aromatic carbocycles. The molecule has 0 radical (unpaired) electrons. The number of carboxylic acids is 1. The minimum atomic E-state index is -0.688. The molecule has 0 amide bonds.